The standard InChI is InChI=1S/C48H92O6/c1-4-7-10-13-16-19-22-23-24-25-27-30-32-35-38-41-47(50)53-44-45(54-48(51)42-39-36-33-28-21-18-15-12-9-6-3)43-52-46(49)40-37-34-31-29-26-20-17-14-11-8-5-2/h45H,4-44H2,1-3H3/t45-/m1/s1. The van der Waals surface area contributed by atoms with Crippen molar-refractivity contribution in [2.45, 2.75) is 277 Å². The largest absolute Gasteiger partial charge is 0.462 e. The summed E-state index contributed by atoms with van der Waals surface area (Å²) in [6.45, 7) is 6.65. The van der Waals surface area contributed by atoms with Crippen LogP contribution in [0.25, 0.3) is 0 Å². The Hall–Kier alpha value is -1.59. The molecule has 0 fully saturated rings. The minimum absolute atomic E-state index is 0.0624. The van der Waals surface area contributed by atoms with Gasteiger partial charge in [0.15, 0.2) is 6.10 Å². The second-order valence-electron chi connectivity index (χ2n) is 16.4. The van der Waals surface area contributed by atoms with Crippen LogP contribution in [0.2, 0.25) is 0 Å². The Morgan fingerprint density at radius 1 is 0.296 bits per heavy atom. The van der Waals surface area contributed by atoms with Crippen LogP contribution in [0.1, 0.15) is 271 Å². The highest BCUT2D eigenvalue weighted by Gasteiger charge is 2.19. The van der Waals surface area contributed by atoms with Crippen LogP contribution in [0.4, 0.5) is 0 Å². The molecule has 0 aromatic carbocycles. The number of rotatable bonds is 44. The van der Waals surface area contributed by atoms with E-state index in [0.29, 0.717) is 19.3 Å². The lowest BCUT2D eigenvalue weighted by Gasteiger charge is -2.18. The van der Waals surface area contributed by atoms with Gasteiger partial charge in [-0.05, 0) is 19.3 Å². The maximum Gasteiger partial charge on any atom is 0.306 e. The van der Waals surface area contributed by atoms with E-state index in [1.165, 1.54) is 173 Å². The van der Waals surface area contributed by atoms with Gasteiger partial charge < -0.3 is 14.2 Å². The first-order valence-corrected chi connectivity index (χ1v) is 24.0. The third-order valence-corrected chi connectivity index (χ3v) is 10.9. The van der Waals surface area contributed by atoms with Gasteiger partial charge in [-0.15, -0.1) is 0 Å². The molecule has 0 unspecified atom stereocenters. The summed E-state index contributed by atoms with van der Waals surface area (Å²) in [7, 11) is 0. The molecule has 54 heavy (non-hydrogen) atoms. The first-order chi connectivity index (χ1) is 26.5. The Bertz CT molecular complexity index is 798. The van der Waals surface area contributed by atoms with Crippen molar-refractivity contribution in [2.24, 2.45) is 0 Å². The number of carbonyl (C=O) groups excluding carboxylic acids is 3. The average molecular weight is 765 g/mol. The maximum absolute atomic E-state index is 12.7. The van der Waals surface area contributed by atoms with Gasteiger partial charge in [-0.1, -0.05) is 233 Å². The van der Waals surface area contributed by atoms with Crippen LogP contribution in [0.5, 0.6) is 0 Å². The molecule has 0 aliphatic rings. The monoisotopic (exact) mass is 765 g/mol. The Labute approximate surface area is 336 Å². The van der Waals surface area contributed by atoms with Crippen LogP contribution in [0.15, 0.2) is 0 Å². The Kier molecular flexibility index (Phi) is 42.8. The number of carbonyl (C=O) groups is 3. The molecule has 0 aliphatic heterocycles. The summed E-state index contributed by atoms with van der Waals surface area (Å²) < 4.78 is 16.7. The molecule has 0 amide bonds. The van der Waals surface area contributed by atoms with Crippen molar-refractivity contribution in [3.63, 3.8) is 0 Å². The van der Waals surface area contributed by atoms with Crippen LogP contribution < -0.4 is 0 Å². The third-order valence-electron chi connectivity index (χ3n) is 10.9. The van der Waals surface area contributed by atoms with Gasteiger partial charge in [-0.2, -0.15) is 0 Å². The lowest BCUT2D eigenvalue weighted by Crippen LogP contribution is -2.30. The summed E-state index contributed by atoms with van der Waals surface area (Å²) >= 11 is 0. The van der Waals surface area contributed by atoms with E-state index in [9.17, 15) is 14.4 Å². The molecule has 320 valence electrons. The molecule has 0 aromatic rings. The minimum atomic E-state index is -0.757. The number of unbranched alkanes of at least 4 members (excludes halogenated alkanes) is 33. The first kappa shape index (κ1) is 52.4. The summed E-state index contributed by atoms with van der Waals surface area (Å²) in [5.41, 5.74) is 0. The van der Waals surface area contributed by atoms with Gasteiger partial charge in [-0.3, -0.25) is 14.4 Å². The average Bonchev–Trinajstić information content (AvgIpc) is 3.17. The van der Waals surface area contributed by atoms with E-state index < -0.39 is 6.10 Å². The van der Waals surface area contributed by atoms with Crippen LogP contribution >= 0.6 is 0 Å². The van der Waals surface area contributed by atoms with E-state index in [-0.39, 0.29) is 31.1 Å². The van der Waals surface area contributed by atoms with Crippen LogP contribution in [-0.4, -0.2) is 37.2 Å². The molecule has 6 nitrogen and oxygen atoms in total. The molecular formula is C48H92O6. The van der Waals surface area contributed by atoms with Gasteiger partial charge in [-0.25, -0.2) is 0 Å². The SMILES string of the molecule is CCCCCCCCCCCCCCCCCC(=O)OC[C@@H](COC(=O)CCCCCCCCCCCCC)OC(=O)CCCCCCCCCCCC. The summed E-state index contributed by atoms with van der Waals surface area (Å²) in [6, 6.07) is 0. The molecule has 0 heterocycles. The molecule has 0 aromatic heterocycles. The molecule has 0 saturated carbocycles. The number of hydrogen-bond acceptors (Lipinski definition) is 6. The van der Waals surface area contributed by atoms with Gasteiger partial charge in [0, 0.05) is 19.3 Å². The van der Waals surface area contributed by atoms with Crippen molar-refractivity contribution in [1.82, 2.24) is 0 Å². The Morgan fingerprint density at radius 2 is 0.500 bits per heavy atom. The fraction of sp³-hybridized carbons (Fsp3) is 0.938. The second-order valence-corrected chi connectivity index (χ2v) is 16.4. The quantitative estimate of drug-likeness (QED) is 0.0349. The first-order valence-electron chi connectivity index (χ1n) is 24.0. The highest BCUT2D eigenvalue weighted by atomic mass is 16.6. The van der Waals surface area contributed by atoms with Crippen molar-refractivity contribution in [3.05, 3.63) is 0 Å². The summed E-state index contributed by atoms with van der Waals surface area (Å²) in [4.78, 5) is 37.7. The zero-order valence-corrected chi connectivity index (χ0v) is 36.5. The third kappa shape index (κ3) is 41.6. The second kappa shape index (κ2) is 44.1. The molecule has 0 aliphatic carbocycles. The molecule has 0 spiro atoms. The number of ether oxygens (including phenoxy) is 3. The molecule has 0 N–H and O–H groups in total. The van der Waals surface area contributed by atoms with Crippen LogP contribution in [-0.2, 0) is 28.6 Å². The van der Waals surface area contributed by atoms with E-state index in [2.05, 4.69) is 20.8 Å². The number of esters is 3. The van der Waals surface area contributed by atoms with Gasteiger partial charge in [0.2, 0.25) is 0 Å². The highest BCUT2D eigenvalue weighted by Crippen LogP contribution is 2.16. The Morgan fingerprint density at radius 3 is 0.741 bits per heavy atom. The summed E-state index contributed by atoms with van der Waals surface area (Å²) in [5, 5.41) is 0. The molecule has 6 heteroatoms. The van der Waals surface area contributed by atoms with E-state index in [4.69, 9.17) is 14.2 Å². The van der Waals surface area contributed by atoms with E-state index in [1.54, 1.807) is 0 Å². The molecule has 0 bridgehead atoms. The molecular weight excluding hydrogens is 673 g/mol. The lowest BCUT2D eigenvalue weighted by molar-refractivity contribution is -0.167. The van der Waals surface area contributed by atoms with Crippen LogP contribution in [0.3, 0.4) is 0 Å². The van der Waals surface area contributed by atoms with Gasteiger partial charge in [0.25, 0.3) is 0 Å². The topological polar surface area (TPSA) is 78.9 Å². The van der Waals surface area contributed by atoms with Crippen molar-refractivity contribution in [1.29, 1.82) is 0 Å². The van der Waals surface area contributed by atoms with E-state index in [0.717, 1.165) is 57.8 Å². The van der Waals surface area contributed by atoms with Crippen LogP contribution in [0, 0.1) is 0 Å². The molecule has 0 radical (unpaired) electrons. The Balaban J connectivity index is 4.27. The van der Waals surface area contributed by atoms with Crippen molar-refractivity contribution in [3.8, 4) is 0 Å². The highest BCUT2D eigenvalue weighted by molar-refractivity contribution is 5.71. The zero-order chi connectivity index (χ0) is 39.4. The van der Waals surface area contributed by atoms with Gasteiger partial charge in [0.1, 0.15) is 13.2 Å². The van der Waals surface area contributed by atoms with Crippen molar-refractivity contribution in [2.75, 3.05) is 13.2 Å². The van der Waals surface area contributed by atoms with E-state index >= 15 is 0 Å². The van der Waals surface area contributed by atoms with Crippen molar-refractivity contribution >= 4 is 17.9 Å². The molecule has 0 saturated heterocycles. The normalized spacial score (nSPS) is 11.8. The number of hydrogen-bond donors (Lipinski definition) is 0. The maximum atomic E-state index is 12.7. The van der Waals surface area contributed by atoms with E-state index in [1.807, 2.05) is 0 Å². The van der Waals surface area contributed by atoms with Gasteiger partial charge >= 0.3 is 17.9 Å². The van der Waals surface area contributed by atoms with Crippen molar-refractivity contribution < 1.29 is 28.6 Å². The fourth-order valence-corrected chi connectivity index (χ4v) is 7.21. The lowest BCUT2D eigenvalue weighted by atomic mass is 10.0. The zero-order valence-electron chi connectivity index (χ0n) is 36.5. The predicted molar refractivity (Wildman–Crippen MR) is 229 cm³/mol. The summed E-state index contributed by atoms with van der Waals surface area (Å²) in [6.07, 6.45) is 45.1. The fourth-order valence-electron chi connectivity index (χ4n) is 7.21. The van der Waals surface area contributed by atoms with Gasteiger partial charge in [0.05, 0.1) is 0 Å². The molecule has 1 atom stereocenters. The molecule has 0 rings (SSSR count). The summed E-state index contributed by atoms with van der Waals surface area (Å²) in [5.74, 6) is -0.849. The minimum Gasteiger partial charge on any atom is -0.462 e. The smallest absolute Gasteiger partial charge is 0.306 e. The predicted octanol–water partition coefficient (Wildman–Crippen LogP) is 15.3.